The number of pyridine rings is 1. The number of imidazole rings is 1. The summed E-state index contributed by atoms with van der Waals surface area (Å²) in [6.07, 6.45) is 3.10. The van der Waals surface area contributed by atoms with Crippen LogP contribution in [-0.4, -0.2) is 44.0 Å². The molecule has 1 amide bonds. The van der Waals surface area contributed by atoms with Gasteiger partial charge in [0.05, 0.1) is 5.69 Å². The molecule has 2 aromatic heterocycles. The SMILES string of the molecule is Cc1cccc2nc(CNCC3(O)CCCN(Cc4ccc(F)cc4)C3=O)cn12. The Morgan fingerprint density at radius 1 is 1.24 bits per heavy atom. The number of carbonyl (C=O) groups is 1. The molecule has 1 aliphatic rings. The van der Waals surface area contributed by atoms with Crippen LogP contribution in [0.25, 0.3) is 5.65 Å². The van der Waals surface area contributed by atoms with Crippen molar-refractivity contribution < 1.29 is 14.3 Å². The summed E-state index contributed by atoms with van der Waals surface area (Å²) in [5.41, 5.74) is 2.23. The molecule has 0 aliphatic carbocycles. The number of aryl methyl sites for hydroxylation is 1. The van der Waals surface area contributed by atoms with Crippen LogP contribution >= 0.6 is 0 Å². The van der Waals surface area contributed by atoms with Gasteiger partial charge in [0, 0.05) is 38.1 Å². The Morgan fingerprint density at radius 2 is 2.03 bits per heavy atom. The third-order valence-corrected chi connectivity index (χ3v) is 5.46. The molecule has 3 aromatic rings. The molecule has 6 nitrogen and oxygen atoms in total. The Bertz CT molecular complexity index is 1020. The molecule has 0 radical (unpaired) electrons. The molecule has 1 saturated heterocycles. The van der Waals surface area contributed by atoms with Crippen molar-refractivity contribution in [3.05, 3.63) is 71.4 Å². The zero-order valence-corrected chi connectivity index (χ0v) is 16.4. The lowest BCUT2D eigenvalue weighted by molar-refractivity contribution is -0.157. The number of aliphatic hydroxyl groups is 1. The quantitative estimate of drug-likeness (QED) is 0.672. The molecule has 1 fully saturated rings. The molecule has 0 saturated carbocycles. The maximum absolute atomic E-state index is 13.1. The number of nitrogens with one attached hydrogen (secondary N) is 1. The minimum Gasteiger partial charge on any atom is -0.379 e. The lowest BCUT2D eigenvalue weighted by Gasteiger charge is -2.38. The molecule has 2 N–H and O–H groups in total. The molecule has 1 atom stereocenters. The molecule has 1 aromatic carbocycles. The Hall–Kier alpha value is -2.77. The van der Waals surface area contributed by atoms with Gasteiger partial charge < -0.3 is 19.7 Å². The second kappa shape index (κ2) is 7.93. The molecule has 7 heteroatoms. The fraction of sp³-hybridized carbons (Fsp3) is 0.364. The van der Waals surface area contributed by atoms with Gasteiger partial charge in [-0.05, 0) is 49.6 Å². The van der Waals surface area contributed by atoms with Gasteiger partial charge in [0.2, 0.25) is 0 Å². The van der Waals surface area contributed by atoms with Gasteiger partial charge >= 0.3 is 0 Å². The monoisotopic (exact) mass is 396 g/mol. The van der Waals surface area contributed by atoms with E-state index in [1.54, 1.807) is 17.0 Å². The largest absolute Gasteiger partial charge is 0.379 e. The first kappa shape index (κ1) is 19.5. The molecule has 29 heavy (non-hydrogen) atoms. The third-order valence-electron chi connectivity index (χ3n) is 5.46. The number of likely N-dealkylation sites (tertiary alicyclic amines) is 1. The van der Waals surface area contributed by atoms with Gasteiger partial charge in [-0.3, -0.25) is 4.79 Å². The van der Waals surface area contributed by atoms with E-state index in [4.69, 9.17) is 0 Å². The maximum atomic E-state index is 13.1. The van der Waals surface area contributed by atoms with Gasteiger partial charge in [0.25, 0.3) is 5.91 Å². The smallest absolute Gasteiger partial charge is 0.256 e. The van der Waals surface area contributed by atoms with E-state index in [1.807, 2.05) is 35.7 Å². The van der Waals surface area contributed by atoms with Gasteiger partial charge in [0.1, 0.15) is 11.5 Å². The summed E-state index contributed by atoms with van der Waals surface area (Å²) in [7, 11) is 0. The first-order valence-corrected chi connectivity index (χ1v) is 9.85. The van der Waals surface area contributed by atoms with Gasteiger partial charge in [-0.25, -0.2) is 9.37 Å². The summed E-state index contributed by atoms with van der Waals surface area (Å²) in [4.78, 5) is 19.1. The van der Waals surface area contributed by atoms with Crippen molar-refractivity contribution in [1.29, 1.82) is 0 Å². The van der Waals surface area contributed by atoms with Crippen molar-refractivity contribution in [2.45, 2.75) is 38.5 Å². The third kappa shape index (κ3) is 4.16. The number of amides is 1. The van der Waals surface area contributed by atoms with Crippen LogP contribution in [0.5, 0.6) is 0 Å². The van der Waals surface area contributed by atoms with Crippen molar-refractivity contribution in [2.24, 2.45) is 0 Å². The second-order valence-electron chi connectivity index (χ2n) is 7.72. The van der Waals surface area contributed by atoms with Crippen molar-refractivity contribution >= 4 is 11.6 Å². The molecular weight excluding hydrogens is 371 g/mol. The average Bonchev–Trinajstić information content (AvgIpc) is 3.12. The number of rotatable bonds is 6. The predicted molar refractivity (Wildman–Crippen MR) is 108 cm³/mol. The predicted octanol–water partition coefficient (Wildman–Crippen LogP) is 2.43. The standard InChI is InChI=1S/C22H25FN4O2/c1-16-4-2-5-20-25-19(14-27(16)20)12-24-15-22(29)10-3-11-26(21(22)28)13-17-6-8-18(23)9-7-17/h2,4-9,14,24,29H,3,10-13,15H2,1H3. The van der Waals surface area contributed by atoms with Crippen molar-refractivity contribution in [3.63, 3.8) is 0 Å². The van der Waals surface area contributed by atoms with Crippen LogP contribution in [0, 0.1) is 12.7 Å². The lowest BCUT2D eigenvalue weighted by Crippen LogP contribution is -2.57. The zero-order valence-electron chi connectivity index (χ0n) is 16.4. The van der Waals surface area contributed by atoms with Crippen molar-refractivity contribution in [1.82, 2.24) is 19.6 Å². The number of benzene rings is 1. The van der Waals surface area contributed by atoms with Crippen LogP contribution in [0.3, 0.4) is 0 Å². The molecule has 1 aliphatic heterocycles. The molecule has 152 valence electrons. The van der Waals surface area contributed by atoms with E-state index in [0.717, 1.165) is 29.0 Å². The molecule has 0 bridgehead atoms. The van der Waals surface area contributed by atoms with Crippen LogP contribution < -0.4 is 5.32 Å². The van der Waals surface area contributed by atoms with Gasteiger partial charge in [-0.2, -0.15) is 0 Å². The van der Waals surface area contributed by atoms with E-state index < -0.39 is 5.60 Å². The second-order valence-corrected chi connectivity index (χ2v) is 7.72. The summed E-state index contributed by atoms with van der Waals surface area (Å²) in [6, 6.07) is 12.0. The fourth-order valence-electron chi connectivity index (χ4n) is 3.87. The summed E-state index contributed by atoms with van der Waals surface area (Å²) in [5, 5.41) is 14.1. The highest BCUT2D eigenvalue weighted by Gasteiger charge is 2.41. The Morgan fingerprint density at radius 3 is 2.79 bits per heavy atom. The number of fused-ring (bicyclic) bond motifs is 1. The number of carbonyl (C=O) groups excluding carboxylic acids is 1. The van der Waals surface area contributed by atoms with Gasteiger partial charge in [-0.1, -0.05) is 18.2 Å². The van der Waals surface area contributed by atoms with E-state index in [1.165, 1.54) is 12.1 Å². The van der Waals surface area contributed by atoms with Crippen LogP contribution in [-0.2, 0) is 17.9 Å². The normalized spacial score (nSPS) is 19.8. The Labute approximate surface area is 169 Å². The average molecular weight is 396 g/mol. The van der Waals surface area contributed by atoms with E-state index >= 15 is 0 Å². The Balaban J connectivity index is 1.38. The van der Waals surface area contributed by atoms with Crippen LogP contribution in [0.15, 0.2) is 48.7 Å². The minimum atomic E-state index is -1.44. The number of hydrogen-bond donors (Lipinski definition) is 2. The fourth-order valence-corrected chi connectivity index (χ4v) is 3.87. The topological polar surface area (TPSA) is 69.9 Å². The zero-order chi connectivity index (χ0) is 20.4. The highest BCUT2D eigenvalue weighted by Crippen LogP contribution is 2.24. The van der Waals surface area contributed by atoms with E-state index in [-0.39, 0.29) is 18.3 Å². The maximum Gasteiger partial charge on any atom is 0.256 e. The first-order valence-electron chi connectivity index (χ1n) is 9.85. The number of nitrogens with zero attached hydrogens (tertiary/aromatic N) is 3. The van der Waals surface area contributed by atoms with Crippen LogP contribution in [0.2, 0.25) is 0 Å². The van der Waals surface area contributed by atoms with Gasteiger partial charge in [0.15, 0.2) is 5.60 Å². The van der Waals surface area contributed by atoms with Crippen LogP contribution in [0.1, 0.15) is 29.8 Å². The Kier molecular flexibility index (Phi) is 5.34. The number of hydrogen-bond acceptors (Lipinski definition) is 4. The van der Waals surface area contributed by atoms with Crippen molar-refractivity contribution in [2.75, 3.05) is 13.1 Å². The van der Waals surface area contributed by atoms with E-state index in [0.29, 0.717) is 26.1 Å². The molecular formula is C22H25FN4O2. The summed E-state index contributed by atoms with van der Waals surface area (Å²) < 4.78 is 15.1. The van der Waals surface area contributed by atoms with E-state index in [2.05, 4.69) is 10.3 Å². The van der Waals surface area contributed by atoms with E-state index in [9.17, 15) is 14.3 Å². The first-order chi connectivity index (χ1) is 13.9. The summed E-state index contributed by atoms with van der Waals surface area (Å²) >= 11 is 0. The highest BCUT2D eigenvalue weighted by molar-refractivity contribution is 5.86. The lowest BCUT2D eigenvalue weighted by atomic mass is 9.91. The molecule has 3 heterocycles. The molecule has 4 rings (SSSR count). The summed E-state index contributed by atoms with van der Waals surface area (Å²) in [5.74, 6) is -0.590. The minimum absolute atomic E-state index is 0.165. The number of halogens is 1. The van der Waals surface area contributed by atoms with Crippen molar-refractivity contribution in [3.8, 4) is 0 Å². The molecule has 1 unspecified atom stereocenters. The summed E-state index contributed by atoms with van der Waals surface area (Å²) in [6.45, 7) is 3.61. The highest BCUT2D eigenvalue weighted by atomic mass is 19.1. The number of aromatic nitrogens is 2. The van der Waals surface area contributed by atoms with Crippen LogP contribution in [0.4, 0.5) is 4.39 Å². The number of piperidine rings is 1. The van der Waals surface area contributed by atoms with Gasteiger partial charge in [-0.15, -0.1) is 0 Å². The molecule has 0 spiro atoms.